The van der Waals surface area contributed by atoms with Crippen LogP contribution >= 0.6 is 23.1 Å². The average Bonchev–Trinajstić information content (AvgIpc) is 2.86. The summed E-state index contributed by atoms with van der Waals surface area (Å²) in [6.45, 7) is 3.90. The van der Waals surface area contributed by atoms with Crippen molar-refractivity contribution in [1.82, 2.24) is 4.98 Å². The minimum Gasteiger partial charge on any atom is -0.398 e. The Morgan fingerprint density at radius 2 is 2.24 bits per heavy atom. The molecule has 0 saturated carbocycles. The lowest BCUT2D eigenvalue weighted by molar-refractivity contribution is -0.116. The van der Waals surface area contributed by atoms with Crippen molar-refractivity contribution in [2.45, 2.75) is 31.0 Å². The molecule has 2 rings (SSSR count). The van der Waals surface area contributed by atoms with E-state index in [1.54, 1.807) is 23.1 Å². The quantitative estimate of drug-likeness (QED) is 0.482. The van der Waals surface area contributed by atoms with Gasteiger partial charge in [0.05, 0.1) is 0 Å². The third-order valence-corrected chi connectivity index (χ3v) is 5.25. The molecule has 6 heteroatoms. The Labute approximate surface area is 133 Å². The lowest BCUT2D eigenvalue weighted by Crippen LogP contribution is -2.12. The highest BCUT2D eigenvalue weighted by atomic mass is 32.2. The third-order valence-electron chi connectivity index (χ3n) is 3.02. The first-order chi connectivity index (χ1) is 10.1. The van der Waals surface area contributed by atoms with Crippen LogP contribution in [0.5, 0.6) is 0 Å². The van der Waals surface area contributed by atoms with Crippen LogP contribution in [0.15, 0.2) is 27.9 Å². The van der Waals surface area contributed by atoms with Gasteiger partial charge in [0.2, 0.25) is 5.91 Å². The summed E-state index contributed by atoms with van der Waals surface area (Å²) in [5.41, 5.74) is 9.28. The predicted molar refractivity (Wildman–Crippen MR) is 91.0 cm³/mol. The van der Waals surface area contributed by atoms with Crippen LogP contribution in [0.25, 0.3) is 0 Å². The van der Waals surface area contributed by atoms with Crippen LogP contribution in [0, 0.1) is 13.8 Å². The fourth-order valence-electron chi connectivity index (χ4n) is 1.79. The highest BCUT2D eigenvalue weighted by Gasteiger charge is 2.07. The number of nitrogens with zero attached hydrogens (tertiary/aromatic N) is 1. The van der Waals surface area contributed by atoms with Gasteiger partial charge in [0.25, 0.3) is 0 Å². The van der Waals surface area contributed by atoms with Gasteiger partial charge in [0.1, 0.15) is 4.34 Å². The van der Waals surface area contributed by atoms with Gasteiger partial charge in [-0.2, -0.15) is 0 Å². The fourth-order valence-corrected chi connectivity index (χ4v) is 3.65. The Kier molecular flexibility index (Phi) is 5.64. The van der Waals surface area contributed by atoms with E-state index in [1.165, 1.54) is 0 Å². The van der Waals surface area contributed by atoms with E-state index in [4.69, 9.17) is 5.73 Å². The van der Waals surface area contributed by atoms with Crippen LogP contribution in [-0.2, 0) is 4.79 Å². The number of benzene rings is 1. The Hall–Kier alpha value is -1.53. The van der Waals surface area contributed by atoms with Crippen molar-refractivity contribution in [2.24, 2.45) is 0 Å². The molecule has 0 radical (unpaired) electrons. The maximum Gasteiger partial charge on any atom is 0.224 e. The number of aryl methyl sites for hydroxylation is 1. The SMILES string of the molecule is Cc1csc(SCCCC(=O)Nc2cccc(N)c2C)n1. The van der Waals surface area contributed by atoms with Crippen LogP contribution in [0.1, 0.15) is 24.1 Å². The summed E-state index contributed by atoms with van der Waals surface area (Å²) >= 11 is 3.35. The van der Waals surface area contributed by atoms with Gasteiger partial charge >= 0.3 is 0 Å². The summed E-state index contributed by atoms with van der Waals surface area (Å²) in [6.07, 6.45) is 1.34. The Balaban J connectivity index is 1.73. The molecule has 0 aliphatic rings. The first-order valence-electron chi connectivity index (χ1n) is 6.76. The number of carbonyl (C=O) groups excluding carboxylic acids is 1. The van der Waals surface area contributed by atoms with E-state index in [2.05, 4.69) is 10.3 Å². The monoisotopic (exact) mass is 321 g/mol. The van der Waals surface area contributed by atoms with E-state index in [0.717, 1.165) is 33.5 Å². The Morgan fingerprint density at radius 1 is 1.43 bits per heavy atom. The lowest BCUT2D eigenvalue weighted by atomic mass is 10.1. The van der Waals surface area contributed by atoms with Crippen molar-refractivity contribution in [3.8, 4) is 0 Å². The molecule has 1 aromatic carbocycles. The van der Waals surface area contributed by atoms with Crippen LogP contribution < -0.4 is 11.1 Å². The number of thiazole rings is 1. The summed E-state index contributed by atoms with van der Waals surface area (Å²) in [6, 6.07) is 5.55. The van der Waals surface area contributed by atoms with E-state index in [-0.39, 0.29) is 5.91 Å². The summed E-state index contributed by atoms with van der Waals surface area (Å²) < 4.78 is 1.07. The maximum absolute atomic E-state index is 11.9. The molecule has 0 aliphatic heterocycles. The summed E-state index contributed by atoms with van der Waals surface area (Å²) in [5.74, 6) is 0.927. The topological polar surface area (TPSA) is 68.0 Å². The van der Waals surface area contributed by atoms with Gasteiger partial charge in [-0.25, -0.2) is 4.98 Å². The fraction of sp³-hybridized carbons (Fsp3) is 0.333. The normalized spacial score (nSPS) is 10.6. The number of rotatable bonds is 6. The second-order valence-electron chi connectivity index (χ2n) is 4.77. The molecule has 0 bridgehead atoms. The summed E-state index contributed by atoms with van der Waals surface area (Å²) in [4.78, 5) is 16.3. The molecule has 4 nitrogen and oxygen atoms in total. The number of aromatic nitrogens is 1. The highest BCUT2D eigenvalue weighted by Crippen LogP contribution is 2.24. The Bertz CT molecular complexity index is 625. The Morgan fingerprint density at radius 3 is 2.95 bits per heavy atom. The first-order valence-corrected chi connectivity index (χ1v) is 8.62. The van der Waals surface area contributed by atoms with E-state index in [0.29, 0.717) is 12.1 Å². The number of nitrogens with two attached hydrogens (primary N) is 1. The van der Waals surface area contributed by atoms with Gasteiger partial charge in [0.15, 0.2) is 0 Å². The largest absolute Gasteiger partial charge is 0.398 e. The number of carbonyl (C=O) groups is 1. The van der Waals surface area contributed by atoms with Crippen LogP contribution in [-0.4, -0.2) is 16.6 Å². The predicted octanol–water partition coefficient (Wildman–Crippen LogP) is 3.85. The molecule has 112 valence electrons. The van der Waals surface area contributed by atoms with Crippen molar-refractivity contribution >= 4 is 40.4 Å². The number of nitrogens with one attached hydrogen (secondary N) is 1. The lowest BCUT2D eigenvalue weighted by Gasteiger charge is -2.09. The van der Waals surface area contributed by atoms with Crippen molar-refractivity contribution in [1.29, 1.82) is 0 Å². The number of hydrogen-bond donors (Lipinski definition) is 2. The summed E-state index contributed by atoms with van der Waals surface area (Å²) in [7, 11) is 0. The van der Waals surface area contributed by atoms with Crippen LogP contribution in [0.3, 0.4) is 0 Å². The zero-order chi connectivity index (χ0) is 15.2. The highest BCUT2D eigenvalue weighted by molar-refractivity contribution is 8.01. The van der Waals surface area contributed by atoms with E-state index in [9.17, 15) is 4.79 Å². The molecule has 0 aliphatic carbocycles. The van der Waals surface area contributed by atoms with E-state index >= 15 is 0 Å². The number of nitrogen functional groups attached to an aromatic ring is 1. The molecule has 0 fully saturated rings. The van der Waals surface area contributed by atoms with E-state index < -0.39 is 0 Å². The second-order valence-corrected chi connectivity index (χ2v) is 6.97. The van der Waals surface area contributed by atoms with E-state index in [1.807, 2.05) is 37.4 Å². The minimum atomic E-state index is 0.0274. The second kappa shape index (κ2) is 7.47. The number of thioether (sulfide) groups is 1. The molecule has 1 amide bonds. The molecule has 3 N–H and O–H groups in total. The number of amides is 1. The molecule has 0 spiro atoms. The molecule has 1 aromatic heterocycles. The van der Waals surface area contributed by atoms with Crippen LogP contribution in [0.4, 0.5) is 11.4 Å². The molecule has 2 aromatic rings. The standard InChI is InChI=1S/C15H19N3OS2/c1-10-9-21-15(17-10)20-8-4-7-14(19)18-13-6-3-5-12(16)11(13)2/h3,5-6,9H,4,7-8,16H2,1-2H3,(H,18,19). The van der Waals surface area contributed by atoms with Gasteiger partial charge in [-0.15, -0.1) is 11.3 Å². The molecule has 21 heavy (non-hydrogen) atoms. The van der Waals surface area contributed by atoms with Gasteiger partial charge < -0.3 is 11.1 Å². The molecule has 0 atom stereocenters. The minimum absolute atomic E-state index is 0.0274. The molecule has 0 saturated heterocycles. The van der Waals surface area contributed by atoms with Gasteiger partial charge in [-0.3, -0.25) is 4.79 Å². The molecular formula is C15H19N3OS2. The molecule has 1 heterocycles. The van der Waals surface area contributed by atoms with Gasteiger partial charge in [-0.1, -0.05) is 17.8 Å². The zero-order valence-corrected chi connectivity index (χ0v) is 13.8. The summed E-state index contributed by atoms with van der Waals surface area (Å²) in [5, 5.41) is 4.95. The first kappa shape index (κ1) is 15.9. The smallest absolute Gasteiger partial charge is 0.224 e. The zero-order valence-electron chi connectivity index (χ0n) is 12.2. The number of hydrogen-bond acceptors (Lipinski definition) is 5. The molecular weight excluding hydrogens is 302 g/mol. The van der Waals surface area contributed by atoms with Gasteiger partial charge in [-0.05, 0) is 38.0 Å². The maximum atomic E-state index is 11.9. The van der Waals surface area contributed by atoms with Crippen molar-refractivity contribution in [2.75, 3.05) is 16.8 Å². The van der Waals surface area contributed by atoms with Crippen molar-refractivity contribution in [3.05, 3.63) is 34.8 Å². The average molecular weight is 321 g/mol. The van der Waals surface area contributed by atoms with Crippen molar-refractivity contribution in [3.63, 3.8) is 0 Å². The van der Waals surface area contributed by atoms with Crippen molar-refractivity contribution < 1.29 is 4.79 Å². The number of anilines is 2. The van der Waals surface area contributed by atoms with Gasteiger partial charge in [0, 0.05) is 34.6 Å². The third kappa shape index (κ3) is 4.75. The molecule has 0 unspecified atom stereocenters. The van der Waals surface area contributed by atoms with Crippen LogP contribution in [0.2, 0.25) is 0 Å².